The number of halogens is 3. The van der Waals surface area contributed by atoms with Gasteiger partial charge in [-0.15, -0.1) is 0 Å². The number of ketones is 1. The molecule has 1 unspecified atom stereocenters. The molecule has 2 aromatic carbocycles. The van der Waals surface area contributed by atoms with Gasteiger partial charge in [-0.25, -0.2) is 0 Å². The molecule has 1 N–H and O–H groups in total. The Morgan fingerprint density at radius 1 is 1.03 bits per heavy atom. The van der Waals surface area contributed by atoms with Gasteiger partial charge in [0.05, 0.1) is 17.2 Å². The largest absolute Gasteiger partial charge is 0.507 e. The summed E-state index contributed by atoms with van der Waals surface area (Å²) in [5, 5.41) is 11.0. The van der Waals surface area contributed by atoms with Crippen molar-refractivity contribution in [3.8, 4) is 0 Å². The van der Waals surface area contributed by atoms with E-state index in [0.717, 1.165) is 17.7 Å². The third-order valence-electron chi connectivity index (χ3n) is 5.49. The number of alkyl halides is 3. The molecule has 1 amide bonds. The Morgan fingerprint density at radius 3 is 2.33 bits per heavy atom. The van der Waals surface area contributed by atoms with Gasteiger partial charge in [-0.05, 0) is 42.3 Å². The summed E-state index contributed by atoms with van der Waals surface area (Å²) in [5.41, 5.74) is 1.05. The molecule has 5 nitrogen and oxygen atoms in total. The molecular formula is C25H19F3N2O3. The Balaban J connectivity index is 1.82. The number of aryl methyl sites for hydroxylation is 1. The number of aliphatic hydroxyl groups is 1. The van der Waals surface area contributed by atoms with E-state index in [2.05, 4.69) is 4.98 Å². The Kier molecular flexibility index (Phi) is 5.76. The number of hydrogen-bond donors (Lipinski definition) is 1. The summed E-state index contributed by atoms with van der Waals surface area (Å²) in [5.74, 6) is -2.15. The van der Waals surface area contributed by atoms with Gasteiger partial charge < -0.3 is 10.0 Å². The Labute approximate surface area is 187 Å². The molecule has 0 saturated carbocycles. The average molecular weight is 452 g/mol. The van der Waals surface area contributed by atoms with Crippen molar-refractivity contribution in [3.05, 3.63) is 106 Å². The van der Waals surface area contributed by atoms with Crippen molar-refractivity contribution < 1.29 is 27.9 Å². The Morgan fingerprint density at radius 2 is 1.70 bits per heavy atom. The minimum absolute atomic E-state index is 0.123. The zero-order valence-corrected chi connectivity index (χ0v) is 17.5. The van der Waals surface area contributed by atoms with Crippen LogP contribution in [0.3, 0.4) is 0 Å². The maximum atomic E-state index is 13.2. The zero-order valence-electron chi connectivity index (χ0n) is 17.5. The molecule has 1 atom stereocenters. The fraction of sp³-hybridized carbons (Fsp3) is 0.160. The van der Waals surface area contributed by atoms with Crippen LogP contribution >= 0.6 is 0 Å². The van der Waals surface area contributed by atoms with Crippen molar-refractivity contribution in [2.45, 2.75) is 25.7 Å². The van der Waals surface area contributed by atoms with Crippen LogP contribution in [0.4, 0.5) is 13.2 Å². The number of carbonyl (C=O) groups is 2. The molecule has 4 rings (SSSR count). The fourth-order valence-electron chi connectivity index (χ4n) is 3.85. The molecule has 33 heavy (non-hydrogen) atoms. The molecule has 1 fully saturated rings. The minimum Gasteiger partial charge on any atom is -0.507 e. The quantitative estimate of drug-likeness (QED) is 0.342. The van der Waals surface area contributed by atoms with E-state index in [1.54, 1.807) is 36.4 Å². The molecule has 1 aliphatic rings. The number of rotatable bonds is 4. The summed E-state index contributed by atoms with van der Waals surface area (Å²) in [4.78, 5) is 31.1. The van der Waals surface area contributed by atoms with Crippen molar-refractivity contribution >= 4 is 17.4 Å². The van der Waals surface area contributed by atoms with E-state index in [-0.39, 0.29) is 23.4 Å². The second-order valence-corrected chi connectivity index (χ2v) is 7.77. The van der Waals surface area contributed by atoms with Crippen molar-refractivity contribution in [1.29, 1.82) is 0 Å². The third-order valence-corrected chi connectivity index (χ3v) is 5.49. The van der Waals surface area contributed by atoms with E-state index >= 15 is 0 Å². The number of aromatic nitrogens is 1. The molecule has 168 valence electrons. The van der Waals surface area contributed by atoms with Crippen molar-refractivity contribution in [3.63, 3.8) is 0 Å². The molecular weight excluding hydrogens is 433 g/mol. The van der Waals surface area contributed by atoms with Crippen LogP contribution in [0.25, 0.3) is 5.76 Å². The summed E-state index contributed by atoms with van der Waals surface area (Å²) in [7, 11) is 0. The average Bonchev–Trinajstić information content (AvgIpc) is 3.04. The van der Waals surface area contributed by atoms with Gasteiger partial charge >= 0.3 is 6.18 Å². The standard InChI is InChI=1S/C25H19F3N2O3/c1-15-5-7-18(8-6-15)22(31)20-21(17-9-11-29-12-10-17)30(24(33)23(20)32)14-16-3-2-4-19(13-16)25(26,27)28/h2-13,21,31H,14H2,1H3/b22-20+. The first-order chi connectivity index (χ1) is 15.7. The lowest BCUT2D eigenvalue weighted by Crippen LogP contribution is -2.29. The summed E-state index contributed by atoms with van der Waals surface area (Å²) < 4.78 is 39.5. The lowest BCUT2D eigenvalue weighted by Gasteiger charge is -2.25. The van der Waals surface area contributed by atoms with E-state index in [9.17, 15) is 27.9 Å². The number of likely N-dealkylation sites (tertiary alicyclic amines) is 1. The van der Waals surface area contributed by atoms with Gasteiger partial charge in [0.25, 0.3) is 11.7 Å². The third kappa shape index (κ3) is 4.37. The number of aliphatic hydroxyl groups excluding tert-OH is 1. The highest BCUT2D eigenvalue weighted by Crippen LogP contribution is 2.40. The Bertz CT molecular complexity index is 1240. The van der Waals surface area contributed by atoms with Crippen molar-refractivity contribution in [2.75, 3.05) is 0 Å². The van der Waals surface area contributed by atoms with Crippen LogP contribution in [-0.2, 0) is 22.3 Å². The zero-order chi connectivity index (χ0) is 23.8. The molecule has 0 radical (unpaired) electrons. The number of hydrogen-bond acceptors (Lipinski definition) is 4. The predicted molar refractivity (Wildman–Crippen MR) is 115 cm³/mol. The van der Waals surface area contributed by atoms with E-state index in [1.807, 2.05) is 6.92 Å². The second-order valence-electron chi connectivity index (χ2n) is 7.77. The number of pyridine rings is 1. The van der Waals surface area contributed by atoms with Crippen LogP contribution in [0, 0.1) is 6.92 Å². The van der Waals surface area contributed by atoms with Crippen LogP contribution in [0.15, 0.2) is 78.6 Å². The van der Waals surface area contributed by atoms with Crippen LogP contribution in [0.1, 0.15) is 33.9 Å². The summed E-state index contributed by atoms with van der Waals surface area (Å²) in [6, 6.07) is 13.6. The molecule has 0 aliphatic carbocycles. The molecule has 0 spiro atoms. The molecule has 1 saturated heterocycles. The second kappa shape index (κ2) is 8.54. The van der Waals surface area contributed by atoms with Crippen molar-refractivity contribution in [1.82, 2.24) is 9.88 Å². The number of carbonyl (C=O) groups excluding carboxylic acids is 2. The van der Waals surface area contributed by atoms with E-state index in [0.29, 0.717) is 11.1 Å². The van der Waals surface area contributed by atoms with Crippen molar-refractivity contribution in [2.24, 2.45) is 0 Å². The van der Waals surface area contributed by atoms with Gasteiger partial charge in [-0.3, -0.25) is 14.6 Å². The lowest BCUT2D eigenvalue weighted by atomic mass is 9.95. The van der Waals surface area contributed by atoms with Crippen LogP contribution in [0.5, 0.6) is 0 Å². The van der Waals surface area contributed by atoms with Crippen LogP contribution < -0.4 is 0 Å². The molecule has 2 heterocycles. The fourth-order valence-corrected chi connectivity index (χ4v) is 3.85. The van der Waals surface area contributed by atoms with E-state index < -0.39 is 29.5 Å². The SMILES string of the molecule is Cc1ccc(/C(O)=C2\C(=O)C(=O)N(Cc3cccc(C(F)(F)F)c3)C2c2ccncc2)cc1. The molecule has 8 heteroatoms. The van der Waals surface area contributed by atoms with Gasteiger partial charge in [0.1, 0.15) is 5.76 Å². The summed E-state index contributed by atoms with van der Waals surface area (Å²) >= 11 is 0. The van der Waals surface area contributed by atoms with Gasteiger partial charge in [0.2, 0.25) is 0 Å². The number of amides is 1. The van der Waals surface area contributed by atoms with Gasteiger partial charge in [0, 0.05) is 24.5 Å². The first kappa shape index (κ1) is 22.3. The maximum absolute atomic E-state index is 13.2. The van der Waals surface area contributed by atoms with Gasteiger partial charge in [-0.1, -0.05) is 42.0 Å². The highest BCUT2D eigenvalue weighted by molar-refractivity contribution is 6.46. The topological polar surface area (TPSA) is 70.5 Å². The normalized spacial score (nSPS) is 18.1. The number of Topliss-reactive ketones (excluding diaryl/α,β-unsaturated/α-hetero) is 1. The van der Waals surface area contributed by atoms with Crippen LogP contribution in [-0.4, -0.2) is 26.7 Å². The lowest BCUT2D eigenvalue weighted by molar-refractivity contribution is -0.140. The molecule has 3 aromatic rings. The van der Waals surface area contributed by atoms with Crippen LogP contribution in [0.2, 0.25) is 0 Å². The highest BCUT2D eigenvalue weighted by atomic mass is 19.4. The number of benzene rings is 2. The van der Waals surface area contributed by atoms with E-state index in [1.165, 1.54) is 29.4 Å². The molecule has 0 bridgehead atoms. The summed E-state index contributed by atoms with van der Waals surface area (Å²) in [6.07, 6.45) is -1.59. The van der Waals surface area contributed by atoms with Gasteiger partial charge in [0.15, 0.2) is 0 Å². The maximum Gasteiger partial charge on any atom is 0.416 e. The highest BCUT2D eigenvalue weighted by Gasteiger charge is 2.46. The first-order valence-electron chi connectivity index (χ1n) is 10.1. The minimum atomic E-state index is -4.54. The monoisotopic (exact) mass is 452 g/mol. The molecule has 1 aliphatic heterocycles. The molecule has 1 aromatic heterocycles. The summed E-state index contributed by atoms with van der Waals surface area (Å²) in [6.45, 7) is 1.63. The van der Waals surface area contributed by atoms with Gasteiger partial charge in [-0.2, -0.15) is 13.2 Å². The Hall–Kier alpha value is -3.94. The predicted octanol–water partition coefficient (Wildman–Crippen LogP) is 5.03. The smallest absolute Gasteiger partial charge is 0.416 e. The first-order valence-corrected chi connectivity index (χ1v) is 10.1. The number of nitrogens with zero attached hydrogens (tertiary/aromatic N) is 2. The van der Waals surface area contributed by atoms with E-state index in [4.69, 9.17) is 0 Å².